The van der Waals surface area contributed by atoms with Gasteiger partial charge < -0.3 is 9.88 Å². The van der Waals surface area contributed by atoms with Gasteiger partial charge in [0.15, 0.2) is 5.16 Å². The van der Waals surface area contributed by atoms with Gasteiger partial charge in [-0.2, -0.15) is 13.2 Å². The Hall–Kier alpha value is -3.52. The first-order valence-electron chi connectivity index (χ1n) is 12.2. The van der Waals surface area contributed by atoms with E-state index in [2.05, 4.69) is 41.1 Å². The average molecular weight is 524 g/mol. The summed E-state index contributed by atoms with van der Waals surface area (Å²) in [7, 11) is 0. The van der Waals surface area contributed by atoms with Crippen LogP contribution in [0.15, 0.2) is 90.1 Å². The molecule has 4 rings (SSSR count). The lowest BCUT2D eigenvalue weighted by Gasteiger charge is -2.11. The molecule has 0 radical (unpaired) electrons. The Morgan fingerprint density at radius 3 is 2.24 bits per heavy atom. The van der Waals surface area contributed by atoms with E-state index in [0.29, 0.717) is 13.0 Å². The van der Waals surface area contributed by atoms with Gasteiger partial charge in [0, 0.05) is 35.5 Å². The fraction of sp³-hybridized carbons (Fsp3) is 0.241. The molecule has 8 heteroatoms. The van der Waals surface area contributed by atoms with Gasteiger partial charge in [-0.05, 0) is 38.0 Å². The minimum atomic E-state index is -4.47. The van der Waals surface area contributed by atoms with E-state index < -0.39 is 17.6 Å². The number of amides is 1. The summed E-state index contributed by atoms with van der Waals surface area (Å²) in [6.45, 7) is 3.28. The van der Waals surface area contributed by atoms with Crippen molar-refractivity contribution in [2.45, 2.75) is 37.6 Å². The predicted octanol–water partition coefficient (Wildman–Crippen LogP) is 7.56. The molecule has 4 aromatic rings. The summed E-state index contributed by atoms with van der Waals surface area (Å²) >= 11 is 1.67. The van der Waals surface area contributed by atoms with Gasteiger partial charge in [0.25, 0.3) is 5.91 Å². The highest BCUT2D eigenvalue weighted by molar-refractivity contribution is 7.99. The number of alkyl halides is 3. The van der Waals surface area contributed by atoms with Crippen molar-refractivity contribution in [2.24, 2.45) is 0 Å². The summed E-state index contributed by atoms with van der Waals surface area (Å²) in [5, 5.41) is 3.66. The van der Waals surface area contributed by atoms with Gasteiger partial charge in [-0.25, -0.2) is 4.98 Å². The minimum Gasteiger partial charge on any atom is -0.352 e. The van der Waals surface area contributed by atoms with E-state index in [1.54, 1.807) is 11.8 Å². The monoisotopic (exact) mass is 523 g/mol. The molecule has 3 aromatic carbocycles. The molecule has 0 spiro atoms. The molecule has 1 amide bonds. The summed E-state index contributed by atoms with van der Waals surface area (Å²) < 4.78 is 40.9. The third kappa shape index (κ3) is 6.63. The van der Waals surface area contributed by atoms with Gasteiger partial charge in [-0.15, -0.1) is 0 Å². The smallest absolute Gasteiger partial charge is 0.352 e. The first-order chi connectivity index (χ1) is 17.9. The van der Waals surface area contributed by atoms with Crippen molar-refractivity contribution in [3.05, 3.63) is 96.1 Å². The van der Waals surface area contributed by atoms with Gasteiger partial charge in [-0.1, -0.05) is 78.5 Å². The predicted molar refractivity (Wildman–Crippen MR) is 143 cm³/mol. The van der Waals surface area contributed by atoms with E-state index in [-0.39, 0.29) is 5.56 Å². The van der Waals surface area contributed by atoms with Crippen LogP contribution in [-0.2, 0) is 12.7 Å². The Morgan fingerprint density at radius 1 is 0.919 bits per heavy atom. The number of benzene rings is 3. The van der Waals surface area contributed by atoms with E-state index in [9.17, 15) is 18.0 Å². The standard InChI is InChI=1S/C29H28F3N3OS/c1-2-35-26(22-14-7-4-8-15-22)25(21-12-5-3-6-13-21)34-28(35)37-19-10-9-18-33-27(36)23-16-11-17-24(20-23)29(30,31)32/h3-8,11-17,20H,2,9-10,18-19H2,1H3,(H,33,36). The maximum Gasteiger partial charge on any atom is 0.416 e. The first-order valence-corrected chi connectivity index (χ1v) is 13.2. The lowest BCUT2D eigenvalue weighted by atomic mass is 10.0. The number of imidazole rings is 1. The van der Waals surface area contributed by atoms with Crippen molar-refractivity contribution in [3.63, 3.8) is 0 Å². The molecule has 0 saturated carbocycles. The third-order valence-corrected chi connectivity index (χ3v) is 6.95. The number of carbonyl (C=O) groups excluding carboxylic acids is 1. The SMILES string of the molecule is CCn1c(SCCCCNC(=O)c2cccc(C(F)(F)F)c2)nc(-c2ccccc2)c1-c1ccccc1. The summed E-state index contributed by atoms with van der Waals surface area (Å²) in [6, 6.07) is 24.9. The van der Waals surface area contributed by atoms with Crippen LogP contribution in [0.3, 0.4) is 0 Å². The normalized spacial score (nSPS) is 11.5. The van der Waals surface area contributed by atoms with E-state index in [0.717, 1.165) is 58.5 Å². The molecule has 1 aromatic heterocycles. The number of unbranched alkanes of at least 4 members (excludes halogenated alkanes) is 1. The molecular formula is C29H28F3N3OS. The van der Waals surface area contributed by atoms with Crippen LogP contribution in [0.25, 0.3) is 22.5 Å². The maximum absolute atomic E-state index is 12.9. The lowest BCUT2D eigenvalue weighted by molar-refractivity contribution is -0.137. The van der Waals surface area contributed by atoms with Crippen molar-refractivity contribution in [2.75, 3.05) is 12.3 Å². The molecule has 0 fully saturated rings. The Labute approximate surface area is 218 Å². The number of halogens is 3. The van der Waals surface area contributed by atoms with Gasteiger partial charge in [0.2, 0.25) is 0 Å². The number of hydrogen-bond donors (Lipinski definition) is 1. The highest BCUT2D eigenvalue weighted by Crippen LogP contribution is 2.36. The zero-order chi connectivity index (χ0) is 26.3. The highest BCUT2D eigenvalue weighted by atomic mass is 32.2. The Bertz CT molecular complexity index is 1320. The summed E-state index contributed by atoms with van der Waals surface area (Å²) in [5.74, 6) is 0.305. The number of carbonyl (C=O) groups is 1. The van der Waals surface area contributed by atoms with Crippen LogP contribution in [0, 0.1) is 0 Å². The van der Waals surface area contributed by atoms with Crippen molar-refractivity contribution in [1.82, 2.24) is 14.9 Å². The van der Waals surface area contributed by atoms with E-state index in [1.165, 1.54) is 12.1 Å². The van der Waals surface area contributed by atoms with E-state index >= 15 is 0 Å². The second kappa shape index (κ2) is 12.1. The van der Waals surface area contributed by atoms with Crippen LogP contribution >= 0.6 is 11.8 Å². The van der Waals surface area contributed by atoms with Crippen molar-refractivity contribution >= 4 is 17.7 Å². The summed E-state index contributed by atoms with van der Waals surface area (Å²) in [5.41, 5.74) is 3.39. The molecule has 0 saturated heterocycles. The van der Waals surface area contributed by atoms with Gasteiger partial charge in [-0.3, -0.25) is 4.79 Å². The van der Waals surface area contributed by atoms with Crippen LogP contribution in [0.5, 0.6) is 0 Å². The van der Waals surface area contributed by atoms with Crippen LogP contribution in [0.1, 0.15) is 35.7 Å². The number of thioether (sulfide) groups is 1. The number of rotatable bonds is 10. The molecule has 1 N–H and O–H groups in total. The summed E-state index contributed by atoms with van der Waals surface area (Å²) in [6.07, 6.45) is -2.94. The quantitative estimate of drug-likeness (QED) is 0.172. The molecule has 0 atom stereocenters. The topological polar surface area (TPSA) is 46.9 Å². The fourth-order valence-electron chi connectivity index (χ4n) is 4.05. The minimum absolute atomic E-state index is 0.0102. The van der Waals surface area contributed by atoms with Crippen molar-refractivity contribution in [3.8, 4) is 22.5 Å². The van der Waals surface area contributed by atoms with Crippen LogP contribution in [-0.4, -0.2) is 27.8 Å². The molecule has 0 bridgehead atoms. The molecule has 0 unspecified atom stereocenters. The Kier molecular flexibility index (Phi) is 8.71. The summed E-state index contributed by atoms with van der Waals surface area (Å²) in [4.78, 5) is 17.3. The molecular weight excluding hydrogens is 495 g/mol. The molecule has 1 heterocycles. The van der Waals surface area contributed by atoms with Crippen molar-refractivity contribution in [1.29, 1.82) is 0 Å². The third-order valence-electron chi connectivity index (χ3n) is 5.88. The van der Waals surface area contributed by atoms with Gasteiger partial charge in [0.1, 0.15) is 0 Å². The number of aromatic nitrogens is 2. The zero-order valence-electron chi connectivity index (χ0n) is 20.5. The van der Waals surface area contributed by atoms with Gasteiger partial charge in [0.05, 0.1) is 17.0 Å². The second-order valence-corrected chi connectivity index (χ2v) is 9.52. The molecule has 4 nitrogen and oxygen atoms in total. The van der Waals surface area contributed by atoms with Crippen LogP contribution in [0.4, 0.5) is 13.2 Å². The first kappa shape index (κ1) is 26.5. The molecule has 37 heavy (non-hydrogen) atoms. The van der Waals surface area contributed by atoms with Crippen molar-refractivity contribution < 1.29 is 18.0 Å². The Morgan fingerprint density at radius 2 is 1.59 bits per heavy atom. The largest absolute Gasteiger partial charge is 0.416 e. The molecule has 0 aliphatic heterocycles. The van der Waals surface area contributed by atoms with Crippen LogP contribution in [0.2, 0.25) is 0 Å². The number of nitrogens with one attached hydrogen (secondary N) is 1. The molecule has 192 valence electrons. The van der Waals surface area contributed by atoms with E-state index in [4.69, 9.17) is 4.98 Å². The molecule has 0 aliphatic rings. The maximum atomic E-state index is 12.9. The van der Waals surface area contributed by atoms with Crippen LogP contribution < -0.4 is 5.32 Å². The second-order valence-electron chi connectivity index (χ2n) is 8.46. The van der Waals surface area contributed by atoms with Gasteiger partial charge >= 0.3 is 6.18 Å². The molecule has 0 aliphatic carbocycles. The lowest BCUT2D eigenvalue weighted by Crippen LogP contribution is -2.24. The number of nitrogens with zero attached hydrogens (tertiary/aromatic N) is 2. The van der Waals surface area contributed by atoms with E-state index in [1.807, 2.05) is 36.4 Å². The average Bonchev–Trinajstić information content (AvgIpc) is 3.29. The number of hydrogen-bond acceptors (Lipinski definition) is 3. The fourth-order valence-corrected chi connectivity index (χ4v) is 5.12. The highest BCUT2D eigenvalue weighted by Gasteiger charge is 2.30. The Balaban J connectivity index is 1.37. The zero-order valence-corrected chi connectivity index (χ0v) is 21.3.